The molecule has 2 heterocycles. The van der Waals surface area contributed by atoms with Gasteiger partial charge in [-0.2, -0.15) is 26.3 Å². The van der Waals surface area contributed by atoms with Gasteiger partial charge in [-0.25, -0.2) is 8.42 Å². The Morgan fingerprint density at radius 3 is 1.51 bits per heavy atom. The molecule has 0 unspecified atom stereocenters. The van der Waals surface area contributed by atoms with Gasteiger partial charge in [0, 0.05) is 57.0 Å². The first-order valence-electron chi connectivity index (χ1n) is 20.8. The molecule has 384 valence electrons. The Morgan fingerprint density at radius 2 is 1.05 bits per heavy atom. The number of aromatic amines is 1. The van der Waals surface area contributed by atoms with Gasteiger partial charge in [-0.1, -0.05) is 122 Å². The number of H-pyrrole nitrogens is 1. The number of hydrogen-bond acceptors (Lipinski definition) is 7. The average molecular weight is 1230 g/mol. The number of hydrogen-bond donors (Lipinski definition) is 3. The molecule has 0 radical (unpaired) electrons. The van der Waals surface area contributed by atoms with Crippen molar-refractivity contribution in [1.82, 2.24) is 9.55 Å². The van der Waals surface area contributed by atoms with Gasteiger partial charge in [0.05, 0.1) is 32.8 Å². The number of benzene rings is 6. The second-order valence-electron chi connectivity index (χ2n) is 15.1. The molecule has 8 rings (SSSR count). The van der Waals surface area contributed by atoms with E-state index >= 15 is 0 Å². The number of rotatable bonds is 9. The zero-order valence-corrected chi connectivity index (χ0v) is 47.4. The number of para-hydroxylation sites is 2. The Labute approximate surface area is 492 Å². The van der Waals surface area contributed by atoms with Crippen LogP contribution < -0.4 is 84.8 Å². The molecule has 20 heteroatoms. The molecule has 0 aliphatic heterocycles. The summed E-state index contributed by atoms with van der Waals surface area (Å²) < 4.78 is 107. The summed E-state index contributed by atoms with van der Waals surface area (Å²) in [4.78, 5) is 39.7. The molecule has 3 N–H and O–H groups in total. The summed E-state index contributed by atoms with van der Waals surface area (Å²) in [5.41, 5.74) is 1.92. The van der Waals surface area contributed by atoms with Gasteiger partial charge in [-0.15, -0.1) is 0 Å². The van der Waals surface area contributed by atoms with Crippen LogP contribution in [0.3, 0.4) is 0 Å². The van der Waals surface area contributed by atoms with E-state index in [9.17, 15) is 44.3 Å². The van der Waals surface area contributed by atoms with Crippen LogP contribution in [0.15, 0.2) is 186 Å². The van der Waals surface area contributed by atoms with Crippen molar-refractivity contribution in [3.63, 3.8) is 0 Å². The maximum absolute atomic E-state index is 13.8. The van der Waals surface area contributed by atoms with Gasteiger partial charge in [0.25, 0.3) is 18.3 Å². The molecule has 6 aromatic carbocycles. The first-order chi connectivity index (χ1) is 33.6. The first-order valence-corrected chi connectivity index (χ1v) is 23.5. The molecular formula is C54H50BrCsF6N4O7S. The summed E-state index contributed by atoms with van der Waals surface area (Å²) in [6, 6.07) is 44.0. The fourth-order valence-electron chi connectivity index (χ4n) is 6.97. The molecular weight excluding hydrogens is 1180 g/mol. The second-order valence-corrected chi connectivity index (χ2v) is 18.0. The van der Waals surface area contributed by atoms with Crippen LogP contribution >= 0.6 is 15.9 Å². The smallest absolute Gasteiger partial charge is 0.662 e. The summed E-state index contributed by atoms with van der Waals surface area (Å²) in [5.74, 6) is -0.911. The van der Waals surface area contributed by atoms with Crippen molar-refractivity contribution in [2.24, 2.45) is 0 Å². The van der Waals surface area contributed by atoms with E-state index in [0.717, 1.165) is 22.9 Å². The Balaban J connectivity index is 0.000000407. The number of anilines is 2. The number of amides is 2. The van der Waals surface area contributed by atoms with E-state index < -0.39 is 39.2 Å². The molecule has 74 heavy (non-hydrogen) atoms. The minimum Gasteiger partial charge on any atom is -0.662 e. The minimum atomic E-state index is -4.53. The van der Waals surface area contributed by atoms with Crippen molar-refractivity contribution < 1.29 is 128 Å². The van der Waals surface area contributed by atoms with Crippen molar-refractivity contribution >= 4 is 55.4 Å². The van der Waals surface area contributed by atoms with Crippen molar-refractivity contribution in [3.8, 4) is 28.2 Å². The third kappa shape index (κ3) is 17.7. The zero-order valence-electron chi connectivity index (χ0n) is 38.7. The Morgan fingerprint density at radius 1 is 0.635 bits per heavy atom. The molecule has 2 amide bonds. The van der Waals surface area contributed by atoms with E-state index in [4.69, 9.17) is 10.1 Å². The van der Waals surface area contributed by atoms with E-state index in [1.54, 1.807) is 79.2 Å². The third-order valence-electron chi connectivity index (χ3n) is 10.3. The minimum absolute atomic E-state index is 0. The van der Waals surface area contributed by atoms with E-state index in [1.807, 2.05) is 42.5 Å². The van der Waals surface area contributed by atoms with Gasteiger partial charge in [-0.05, 0) is 97.8 Å². The van der Waals surface area contributed by atoms with Crippen molar-refractivity contribution in [1.29, 1.82) is 0 Å². The van der Waals surface area contributed by atoms with E-state index in [0.29, 0.717) is 39.4 Å². The number of nitrogens with one attached hydrogen (secondary N) is 3. The van der Waals surface area contributed by atoms with Crippen molar-refractivity contribution in [3.05, 3.63) is 214 Å². The van der Waals surface area contributed by atoms with Crippen LogP contribution in [0.5, 0.6) is 0 Å². The molecule has 0 spiro atoms. The van der Waals surface area contributed by atoms with Crippen LogP contribution in [0.2, 0.25) is 0 Å². The van der Waals surface area contributed by atoms with Gasteiger partial charge in [0.1, 0.15) is 0 Å². The van der Waals surface area contributed by atoms with Gasteiger partial charge >= 0.3 is 81.2 Å². The van der Waals surface area contributed by atoms with Crippen LogP contribution in [0.25, 0.3) is 28.2 Å². The van der Waals surface area contributed by atoms with Crippen molar-refractivity contribution in [2.45, 2.75) is 45.9 Å². The molecule has 11 nitrogen and oxygen atoms in total. The van der Waals surface area contributed by atoms with Gasteiger partial charge < -0.3 is 30.3 Å². The van der Waals surface area contributed by atoms with Crippen LogP contribution in [-0.4, -0.2) is 42.5 Å². The summed E-state index contributed by atoms with van der Waals surface area (Å²) in [6.45, 7) is 3.04. The second kappa shape index (κ2) is 29.4. The SMILES string of the molecule is Brc1ccccc1.C.C.Cc1c(C(=O)Nc2ccc(S(C)(=O)=O)cc2)c[nH]c1-c1ccccc1C(F)(F)F.Cc1c(C(=O)Nc2ccccc2)cn(-c2ccccc2)c1-c1ccccc1C(F)(F)F.O=CO[O-].[Cs+]. The number of alkyl halides is 6. The van der Waals surface area contributed by atoms with Crippen LogP contribution in [0.1, 0.15) is 57.8 Å². The first kappa shape index (κ1) is 64.4. The average Bonchev–Trinajstić information content (AvgIpc) is 3.91. The van der Waals surface area contributed by atoms with Gasteiger partial charge in [-0.3, -0.25) is 14.4 Å². The maximum Gasteiger partial charge on any atom is 1.00 e. The fourth-order valence-corrected chi connectivity index (χ4v) is 7.90. The molecule has 0 bridgehead atoms. The Hall–Kier alpha value is -5.69. The zero-order chi connectivity index (χ0) is 51.9. The Kier molecular flexibility index (Phi) is 25.6. The van der Waals surface area contributed by atoms with Crippen molar-refractivity contribution in [2.75, 3.05) is 16.9 Å². The van der Waals surface area contributed by atoms with Gasteiger partial charge in [0.15, 0.2) is 9.84 Å². The summed E-state index contributed by atoms with van der Waals surface area (Å²) in [6.07, 6.45) is -5.05. The summed E-state index contributed by atoms with van der Waals surface area (Å²) in [7, 11) is -3.36. The van der Waals surface area contributed by atoms with Crippen LogP contribution in [-0.2, 0) is 31.9 Å². The standard InChI is InChI=1S/C25H19F3N2O.C20H17F3N2O3S.C6H5Br.CH2O3.2CH4.Cs/c1-17-21(24(31)29-18-10-4-2-5-11-18)16-30(19-12-6-3-7-13-19)23(17)20-14-8-9-15-22(20)25(26,27)28;1-12-16(19(26)25-13-7-9-14(10-8-13)29(2,27)28)11-24-18(12)15-5-3-4-6-17(15)20(21,22)23;7-6-4-2-1-3-5-6;2-1-4-3;;;/h2-16H,1H3,(H,29,31);3-11,24H,1-2H3,(H,25,26);1-5H;1,3H;2*1H4;/q;;;;;;+1/p-1. The van der Waals surface area contributed by atoms with E-state index in [1.165, 1.54) is 60.8 Å². The normalized spacial score (nSPS) is 10.6. The quantitative estimate of drug-likeness (QED) is 0.0561. The predicted octanol–water partition coefficient (Wildman–Crippen LogP) is 10.5. The molecule has 0 aliphatic carbocycles. The molecule has 0 atom stereocenters. The van der Waals surface area contributed by atoms with E-state index in [-0.39, 0.29) is 123 Å². The van der Waals surface area contributed by atoms with E-state index in [2.05, 4.69) is 36.4 Å². The number of nitrogens with zero attached hydrogens (tertiary/aromatic N) is 1. The Bertz CT molecular complexity index is 3170. The number of halogens is 7. The number of aromatic nitrogens is 2. The van der Waals surface area contributed by atoms with Crippen LogP contribution in [0.4, 0.5) is 37.7 Å². The van der Waals surface area contributed by atoms with Crippen LogP contribution in [0, 0.1) is 13.8 Å². The monoisotopic (exact) mass is 1220 g/mol. The number of carbonyl (C=O) groups is 3. The summed E-state index contributed by atoms with van der Waals surface area (Å²) >= 11 is 3.31. The molecule has 0 aliphatic rings. The third-order valence-corrected chi connectivity index (χ3v) is 11.9. The van der Waals surface area contributed by atoms with Gasteiger partial charge in [0.2, 0.25) is 0 Å². The number of carbonyl (C=O) groups excluding carboxylic acids is 3. The number of sulfone groups is 1. The largest absolute Gasteiger partial charge is 1.00 e. The molecule has 0 saturated heterocycles. The molecule has 0 saturated carbocycles. The fraction of sp³-hybridized carbons (Fsp3) is 0.130. The maximum atomic E-state index is 13.8. The topological polar surface area (TPSA) is 162 Å². The predicted molar refractivity (Wildman–Crippen MR) is 274 cm³/mol. The molecule has 2 aromatic heterocycles. The molecule has 8 aromatic rings. The summed E-state index contributed by atoms with van der Waals surface area (Å²) in [5, 5.41) is 13.9. The molecule has 0 fully saturated rings.